The van der Waals surface area contributed by atoms with Gasteiger partial charge in [0.25, 0.3) is 10.0 Å². The van der Waals surface area contributed by atoms with E-state index in [2.05, 4.69) is 14.7 Å². The third-order valence-electron chi connectivity index (χ3n) is 2.54. The summed E-state index contributed by atoms with van der Waals surface area (Å²) in [5.74, 6) is 0.350. The molecule has 0 aliphatic rings. The third-order valence-corrected chi connectivity index (χ3v) is 3.89. The molecule has 0 radical (unpaired) electrons. The van der Waals surface area contributed by atoms with Crippen LogP contribution < -0.4 is 9.46 Å². The van der Waals surface area contributed by atoms with Crippen molar-refractivity contribution < 1.29 is 17.9 Å². The first-order valence-electron chi connectivity index (χ1n) is 6.10. The average molecular weight is 309 g/mol. The zero-order chi connectivity index (χ0) is 15.3. The van der Waals surface area contributed by atoms with Crippen LogP contribution in [0.25, 0.3) is 0 Å². The lowest BCUT2D eigenvalue weighted by molar-refractivity contribution is -0.0386. The number of nitrogens with zero attached hydrogens (tertiary/aromatic N) is 2. The van der Waals surface area contributed by atoms with Gasteiger partial charge in [-0.15, -0.1) is 0 Å². The van der Waals surface area contributed by atoms with Crippen molar-refractivity contribution in [3.05, 3.63) is 42.7 Å². The fraction of sp³-hybridized carbons (Fsp3) is 0.231. The van der Waals surface area contributed by atoms with Gasteiger partial charge in [-0.1, -0.05) is 18.2 Å². The van der Waals surface area contributed by atoms with Gasteiger partial charge in [0.1, 0.15) is 0 Å². The van der Waals surface area contributed by atoms with Crippen LogP contribution in [0.15, 0.2) is 47.6 Å². The smallest absolute Gasteiger partial charge is 0.264 e. The van der Waals surface area contributed by atoms with Crippen LogP contribution in [0, 0.1) is 0 Å². The van der Waals surface area contributed by atoms with E-state index in [9.17, 15) is 8.42 Å². The summed E-state index contributed by atoms with van der Waals surface area (Å²) in [5, 5.41) is 0. The van der Waals surface area contributed by atoms with Gasteiger partial charge < -0.3 is 9.47 Å². The van der Waals surface area contributed by atoms with E-state index in [0.717, 1.165) is 0 Å². The van der Waals surface area contributed by atoms with Crippen LogP contribution in [0.1, 0.15) is 6.92 Å². The zero-order valence-electron chi connectivity index (χ0n) is 11.6. The minimum absolute atomic E-state index is 0.0312. The SMILES string of the molecule is COC(C)Oc1cnc(NS(=O)(=O)c2ccccc2)nc1. The second-order valence-electron chi connectivity index (χ2n) is 4.08. The van der Waals surface area contributed by atoms with Gasteiger partial charge >= 0.3 is 0 Å². The zero-order valence-corrected chi connectivity index (χ0v) is 12.4. The number of methoxy groups -OCH3 is 1. The molecule has 2 aromatic rings. The Balaban J connectivity index is 2.10. The molecule has 2 rings (SSSR count). The molecule has 7 nitrogen and oxygen atoms in total. The minimum Gasteiger partial charge on any atom is -0.462 e. The molecule has 1 unspecified atom stereocenters. The summed E-state index contributed by atoms with van der Waals surface area (Å²) in [5.41, 5.74) is 0. The highest BCUT2D eigenvalue weighted by Crippen LogP contribution is 2.15. The van der Waals surface area contributed by atoms with Crippen molar-refractivity contribution in [1.29, 1.82) is 0 Å². The van der Waals surface area contributed by atoms with Gasteiger partial charge in [0.15, 0.2) is 12.0 Å². The van der Waals surface area contributed by atoms with Crippen molar-refractivity contribution in [1.82, 2.24) is 9.97 Å². The van der Waals surface area contributed by atoms with Gasteiger partial charge in [0, 0.05) is 7.11 Å². The van der Waals surface area contributed by atoms with Crippen LogP contribution in [0.3, 0.4) is 0 Å². The number of benzene rings is 1. The number of sulfonamides is 1. The molecule has 0 saturated heterocycles. The van der Waals surface area contributed by atoms with Crippen molar-refractivity contribution in [2.45, 2.75) is 18.1 Å². The molecule has 1 N–H and O–H groups in total. The van der Waals surface area contributed by atoms with Crippen molar-refractivity contribution in [3.8, 4) is 5.75 Å². The Labute approximate surface area is 123 Å². The summed E-state index contributed by atoms with van der Waals surface area (Å²) in [6.07, 6.45) is 2.29. The second-order valence-corrected chi connectivity index (χ2v) is 5.76. The number of rotatable bonds is 6. The monoisotopic (exact) mass is 309 g/mol. The van der Waals surface area contributed by atoms with Crippen molar-refractivity contribution in [3.63, 3.8) is 0 Å². The number of hydrogen-bond donors (Lipinski definition) is 1. The van der Waals surface area contributed by atoms with Crippen molar-refractivity contribution in [2.24, 2.45) is 0 Å². The van der Waals surface area contributed by atoms with Crippen LogP contribution in [-0.4, -0.2) is 31.8 Å². The highest BCUT2D eigenvalue weighted by Gasteiger charge is 2.15. The Morgan fingerprint density at radius 3 is 2.33 bits per heavy atom. The predicted molar refractivity (Wildman–Crippen MR) is 76.4 cm³/mol. The van der Waals surface area contributed by atoms with E-state index in [4.69, 9.17) is 9.47 Å². The molecule has 0 aliphatic carbocycles. The standard InChI is InChI=1S/C13H15N3O4S/c1-10(19-2)20-11-8-14-13(15-9-11)16-21(17,18)12-6-4-3-5-7-12/h3-10H,1-2H3,(H,14,15,16). The number of nitrogens with one attached hydrogen (secondary N) is 1. The molecule has 1 aromatic heterocycles. The first kappa shape index (κ1) is 15.2. The molecule has 0 amide bonds. The summed E-state index contributed by atoms with van der Waals surface area (Å²) in [7, 11) is -2.19. The van der Waals surface area contributed by atoms with Crippen LogP contribution in [-0.2, 0) is 14.8 Å². The number of hydrogen-bond acceptors (Lipinski definition) is 6. The fourth-order valence-corrected chi connectivity index (χ4v) is 2.43. The predicted octanol–water partition coefficient (Wildman–Crippen LogP) is 1.65. The maximum Gasteiger partial charge on any atom is 0.264 e. The Kier molecular flexibility index (Phi) is 4.71. The molecule has 0 bridgehead atoms. The van der Waals surface area contributed by atoms with E-state index in [-0.39, 0.29) is 10.8 Å². The Morgan fingerprint density at radius 2 is 1.76 bits per heavy atom. The van der Waals surface area contributed by atoms with Crippen LogP contribution in [0.4, 0.5) is 5.95 Å². The van der Waals surface area contributed by atoms with E-state index in [0.29, 0.717) is 5.75 Å². The van der Waals surface area contributed by atoms with E-state index in [1.54, 1.807) is 25.1 Å². The van der Waals surface area contributed by atoms with Gasteiger partial charge in [-0.2, -0.15) is 0 Å². The Bertz CT molecular complexity index is 674. The number of anilines is 1. The van der Waals surface area contributed by atoms with E-state index < -0.39 is 16.3 Å². The normalized spacial score (nSPS) is 12.7. The molecule has 0 fully saturated rings. The number of aromatic nitrogens is 2. The van der Waals surface area contributed by atoms with Gasteiger partial charge in [0.05, 0.1) is 17.3 Å². The van der Waals surface area contributed by atoms with Gasteiger partial charge in [0.2, 0.25) is 5.95 Å². The molecular weight excluding hydrogens is 294 g/mol. The fourth-order valence-electron chi connectivity index (χ4n) is 1.45. The molecule has 0 saturated carbocycles. The van der Waals surface area contributed by atoms with Crippen molar-refractivity contribution >= 4 is 16.0 Å². The first-order valence-corrected chi connectivity index (χ1v) is 7.59. The lowest BCUT2D eigenvalue weighted by atomic mass is 10.4. The molecule has 0 spiro atoms. The second kappa shape index (κ2) is 6.51. The van der Waals surface area contributed by atoms with E-state index >= 15 is 0 Å². The van der Waals surface area contributed by atoms with Gasteiger partial charge in [-0.3, -0.25) is 0 Å². The molecule has 1 atom stereocenters. The quantitative estimate of drug-likeness (QED) is 0.816. The van der Waals surface area contributed by atoms with E-state index in [1.807, 2.05) is 0 Å². The van der Waals surface area contributed by atoms with Crippen LogP contribution in [0.5, 0.6) is 5.75 Å². The summed E-state index contributed by atoms with van der Waals surface area (Å²) >= 11 is 0. The maximum atomic E-state index is 12.1. The van der Waals surface area contributed by atoms with Crippen molar-refractivity contribution in [2.75, 3.05) is 11.8 Å². The third kappa shape index (κ3) is 4.14. The molecule has 0 aliphatic heterocycles. The molecule has 21 heavy (non-hydrogen) atoms. The molecule has 1 heterocycles. The van der Waals surface area contributed by atoms with E-state index in [1.165, 1.54) is 31.6 Å². The lowest BCUT2D eigenvalue weighted by Crippen LogP contribution is -2.16. The molecule has 112 valence electrons. The minimum atomic E-state index is -3.69. The number of ether oxygens (including phenoxy) is 2. The Hall–Kier alpha value is -2.19. The summed E-state index contributed by atoms with van der Waals surface area (Å²) in [6, 6.07) is 7.98. The van der Waals surface area contributed by atoms with Crippen LogP contribution in [0.2, 0.25) is 0 Å². The first-order chi connectivity index (χ1) is 10.0. The average Bonchev–Trinajstić information content (AvgIpc) is 2.50. The van der Waals surface area contributed by atoms with Gasteiger partial charge in [-0.25, -0.2) is 23.1 Å². The highest BCUT2D eigenvalue weighted by atomic mass is 32.2. The highest BCUT2D eigenvalue weighted by molar-refractivity contribution is 7.92. The lowest BCUT2D eigenvalue weighted by Gasteiger charge is -2.12. The molecular formula is C13H15N3O4S. The maximum absolute atomic E-state index is 12.1. The van der Waals surface area contributed by atoms with Crippen LogP contribution >= 0.6 is 0 Å². The van der Waals surface area contributed by atoms with Gasteiger partial charge in [-0.05, 0) is 19.1 Å². The Morgan fingerprint density at radius 1 is 1.14 bits per heavy atom. The topological polar surface area (TPSA) is 90.4 Å². The molecule has 1 aromatic carbocycles. The summed E-state index contributed by atoms with van der Waals surface area (Å²) in [4.78, 5) is 7.93. The summed E-state index contributed by atoms with van der Waals surface area (Å²) < 4.78 is 36.7. The largest absolute Gasteiger partial charge is 0.462 e. The molecule has 8 heteroatoms. The summed E-state index contributed by atoms with van der Waals surface area (Å²) in [6.45, 7) is 1.71.